The molecule has 0 aromatic heterocycles. The van der Waals surface area contributed by atoms with Crippen LogP contribution in [-0.2, 0) is 0 Å². The fourth-order valence-corrected chi connectivity index (χ4v) is 3.25. The van der Waals surface area contributed by atoms with E-state index >= 15 is 0 Å². The summed E-state index contributed by atoms with van der Waals surface area (Å²) in [7, 11) is 2.24. The molecule has 0 bridgehead atoms. The van der Waals surface area contributed by atoms with E-state index in [9.17, 15) is 0 Å². The van der Waals surface area contributed by atoms with E-state index in [1.807, 2.05) is 0 Å². The predicted molar refractivity (Wildman–Crippen MR) is 93.2 cm³/mol. The van der Waals surface area contributed by atoms with E-state index in [1.165, 1.54) is 42.5 Å². The minimum atomic E-state index is 0.384. The van der Waals surface area contributed by atoms with Crippen LogP contribution in [-0.4, -0.2) is 26.2 Å². The van der Waals surface area contributed by atoms with Gasteiger partial charge in [0.2, 0.25) is 0 Å². The molecule has 0 unspecified atom stereocenters. The number of rotatable bonds is 8. The van der Waals surface area contributed by atoms with Gasteiger partial charge in [0.25, 0.3) is 0 Å². The summed E-state index contributed by atoms with van der Waals surface area (Å²) in [6.45, 7) is 11.4. The molecule has 118 valence electrons. The number of aryl methyl sites for hydroxylation is 2. The van der Waals surface area contributed by atoms with Crippen LogP contribution in [0.3, 0.4) is 0 Å². The molecule has 0 amide bonds. The Hall–Kier alpha value is -1.02. The lowest BCUT2D eigenvalue weighted by molar-refractivity contribution is 0.254. The average Bonchev–Trinajstić information content (AvgIpc) is 3.27. The molecule has 2 rings (SSSR count). The molecular formula is C19H32N2. The molecule has 2 nitrogen and oxygen atoms in total. The van der Waals surface area contributed by atoms with Gasteiger partial charge in [-0.3, -0.25) is 0 Å². The largest absolute Gasteiger partial charge is 0.374 e. The Morgan fingerprint density at radius 3 is 2.38 bits per heavy atom. The van der Waals surface area contributed by atoms with E-state index < -0.39 is 0 Å². The molecule has 0 aliphatic heterocycles. The van der Waals surface area contributed by atoms with Gasteiger partial charge < -0.3 is 10.2 Å². The maximum atomic E-state index is 3.75. The highest BCUT2D eigenvalue weighted by Gasteiger charge is 2.31. The van der Waals surface area contributed by atoms with Crippen molar-refractivity contribution >= 4 is 5.69 Å². The third-order valence-electron chi connectivity index (χ3n) is 5.18. The van der Waals surface area contributed by atoms with Crippen LogP contribution in [0.5, 0.6) is 0 Å². The van der Waals surface area contributed by atoms with Crippen molar-refractivity contribution in [2.45, 2.75) is 59.4 Å². The number of hydrogen-bond donors (Lipinski definition) is 1. The number of nitrogens with one attached hydrogen (secondary N) is 1. The number of anilines is 1. The zero-order valence-electron chi connectivity index (χ0n) is 14.5. The van der Waals surface area contributed by atoms with Crippen molar-refractivity contribution < 1.29 is 0 Å². The molecular weight excluding hydrogens is 256 g/mol. The lowest BCUT2D eigenvalue weighted by atomic mass is 9.81. The molecule has 1 aromatic carbocycles. The highest BCUT2D eigenvalue weighted by Crippen LogP contribution is 2.31. The lowest BCUT2D eigenvalue weighted by Crippen LogP contribution is -2.43. The summed E-state index contributed by atoms with van der Waals surface area (Å²) in [5.41, 5.74) is 4.48. The van der Waals surface area contributed by atoms with Crippen LogP contribution in [0.15, 0.2) is 18.2 Å². The Bertz CT molecular complexity index is 459. The van der Waals surface area contributed by atoms with Gasteiger partial charge in [-0.1, -0.05) is 31.5 Å². The van der Waals surface area contributed by atoms with E-state index in [0.29, 0.717) is 5.41 Å². The first-order valence-corrected chi connectivity index (χ1v) is 8.51. The van der Waals surface area contributed by atoms with Crippen LogP contribution in [0, 0.1) is 19.3 Å². The van der Waals surface area contributed by atoms with E-state index in [2.05, 4.69) is 63.2 Å². The summed E-state index contributed by atoms with van der Waals surface area (Å²) >= 11 is 0. The summed E-state index contributed by atoms with van der Waals surface area (Å²) in [6, 6.07) is 7.58. The van der Waals surface area contributed by atoms with E-state index in [4.69, 9.17) is 0 Å². The van der Waals surface area contributed by atoms with Gasteiger partial charge in [0.15, 0.2) is 0 Å². The van der Waals surface area contributed by atoms with Crippen LogP contribution in [0.4, 0.5) is 5.69 Å². The second-order valence-electron chi connectivity index (χ2n) is 7.01. The molecule has 0 atom stereocenters. The Morgan fingerprint density at radius 1 is 1.19 bits per heavy atom. The predicted octanol–water partition coefficient (Wildman–Crippen LogP) is 4.30. The molecule has 21 heavy (non-hydrogen) atoms. The summed E-state index contributed by atoms with van der Waals surface area (Å²) in [6.07, 6.45) is 5.21. The highest BCUT2D eigenvalue weighted by atomic mass is 15.1. The molecule has 1 aromatic rings. The van der Waals surface area contributed by atoms with Gasteiger partial charge in [-0.25, -0.2) is 0 Å². The van der Waals surface area contributed by atoms with Gasteiger partial charge in [0, 0.05) is 31.9 Å². The molecule has 0 heterocycles. The molecule has 2 heteroatoms. The van der Waals surface area contributed by atoms with Crippen molar-refractivity contribution in [1.29, 1.82) is 0 Å². The number of benzene rings is 1. The van der Waals surface area contributed by atoms with Crippen LogP contribution >= 0.6 is 0 Å². The summed E-state index contributed by atoms with van der Waals surface area (Å²) in [5.74, 6) is 0. The minimum Gasteiger partial charge on any atom is -0.374 e. The zero-order chi connectivity index (χ0) is 15.5. The third-order valence-corrected chi connectivity index (χ3v) is 5.18. The molecule has 0 spiro atoms. The maximum Gasteiger partial charge on any atom is 0.0393 e. The topological polar surface area (TPSA) is 15.3 Å². The van der Waals surface area contributed by atoms with Crippen LogP contribution in [0.1, 0.15) is 50.7 Å². The smallest absolute Gasteiger partial charge is 0.0393 e. The van der Waals surface area contributed by atoms with Crippen molar-refractivity contribution in [2.24, 2.45) is 5.41 Å². The first-order chi connectivity index (χ1) is 9.99. The van der Waals surface area contributed by atoms with Crippen molar-refractivity contribution in [3.8, 4) is 0 Å². The first-order valence-electron chi connectivity index (χ1n) is 8.51. The van der Waals surface area contributed by atoms with Crippen molar-refractivity contribution in [1.82, 2.24) is 5.32 Å². The molecule has 1 fully saturated rings. The Balaban J connectivity index is 2.06. The minimum absolute atomic E-state index is 0.384. The molecule has 1 saturated carbocycles. The summed E-state index contributed by atoms with van der Waals surface area (Å²) in [4.78, 5) is 2.45. The third kappa shape index (κ3) is 4.23. The van der Waals surface area contributed by atoms with E-state index in [1.54, 1.807) is 0 Å². The second kappa shape index (κ2) is 6.83. The standard InChI is InChI=1S/C19H32N2/c1-6-19(7-2,13-20-17-9-10-17)14-21(5)18-11-8-15(3)12-16(18)4/h8,11-12,17,20H,6-7,9-10,13-14H2,1-5H3. The highest BCUT2D eigenvalue weighted by molar-refractivity contribution is 5.54. The van der Waals surface area contributed by atoms with Gasteiger partial charge in [-0.2, -0.15) is 0 Å². The van der Waals surface area contributed by atoms with E-state index in [0.717, 1.165) is 19.1 Å². The second-order valence-corrected chi connectivity index (χ2v) is 7.01. The lowest BCUT2D eigenvalue weighted by Gasteiger charge is -2.37. The summed E-state index contributed by atoms with van der Waals surface area (Å²) in [5, 5.41) is 3.75. The average molecular weight is 288 g/mol. The van der Waals surface area contributed by atoms with Crippen molar-refractivity contribution in [2.75, 3.05) is 25.0 Å². The first kappa shape index (κ1) is 16.4. The number of nitrogens with zero attached hydrogens (tertiary/aromatic N) is 1. The van der Waals surface area contributed by atoms with Gasteiger partial charge in [-0.05, 0) is 56.6 Å². The molecule has 0 radical (unpaired) electrons. The van der Waals surface area contributed by atoms with Crippen molar-refractivity contribution in [3.63, 3.8) is 0 Å². The monoisotopic (exact) mass is 288 g/mol. The molecule has 1 aliphatic carbocycles. The SMILES string of the molecule is CCC(CC)(CNC1CC1)CN(C)c1ccc(C)cc1C. The van der Waals surface area contributed by atoms with Gasteiger partial charge >= 0.3 is 0 Å². The fraction of sp³-hybridized carbons (Fsp3) is 0.684. The molecule has 0 saturated heterocycles. The molecule has 1 aliphatic rings. The van der Waals surface area contributed by atoms with Gasteiger partial charge in [-0.15, -0.1) is 0 Å². The summed E-state index contributed by atoms with van der Waals surface area (Å²) < 4.78 is 0. The molecule has 1 N–H and O–H groups in total. The van der Waals surface area contributed by atoms with E-state index in [-0.39, 0.29) is 0 Å². The fourth-order valence-electron chi connectivity index (χ4n) is 3.25. The van der Waals surface area contributed by atoms with Gasteiger partial charge in [0.1, 0.15) is 0 Å². The van der Waals surface area contributed by atoms with Crippen LogP contribution in [0.25, 0.3) is 0 Å². The normalized spacial score (nSPS) is 15.3. The van der Waals surface area contributed by atoms with Gasteiger partial charge in [0.05, 0.1) is 0 Å². The van der Waals surface area contributed by atoms with Crippen LogP contribution < -0.4 is 10.2 Å². The zero-order valence-corrected chi connectivity index (χ0v) is 14.5. The quantitative estimate of drug-likeness (QED) is 0.767. The van der Waals surface area contributed by atoms with Crippen molar-refractivity contribution in [3.05, 3.63) is 29.3 Å². The maximum absolute atomic E-state index is 3.75. The van der Waals surface area contributed by atoms with Crippen LogP contribution in [0.2, 0.25) is 0 Å². The Labute approximate surface area is 130 Å². The Morgan fingerprint density at radius 2 is 1.86 bits per heavy atom. The Kier molecular flexibility index (Phi) is 5.32. The number of hydrogen-bond acceptors (Lipinski definition) is 2.